The summed E-state index contributed by atoms with van der Waals surface area (Å²) in [6, 6.07) is 13.0. The van der Waals surface area contributed by atoms with E-state index >= 15 is 0 Å². The quantitative estimate of drug-likeness (QED) is 0.284. The van der Waals surface area contributed by atoms with Crippen LogP contribution in [0.15, 0.2) is 59.5 Å². The molecule has 1 aliphatic rings. The van der Waals surface area contributed by atoms with Crippen LogP contribution in [0.25, 0.3) is 0 Å². The number of non-ortho nitro benzene ring substituents is 1. The second kappa shape index (κ2) is 12.0. The van der Waals surface area contributed by atoms with E-state index < -0.39 is 27.4 Å². The number of rotatable bonds is 11. The lowest BCUT2D eigenvalue weighted by molar-refractivity contribution is -0.384. The molecule has 0 spiro atoms. The van der Waals surface area contributed by atoms with Crippen LogP contribution in [0, 0.1) is 10.1 Å². The van der Waals surface area contributed by atoms with Crippen LogP contribution in [-0.4, -0.2) is 43.3 Å². The van der Waals surface area contributed by atoms with Gasteiger partial charge in [-0.05, 0) is 43.2 Å². The Morgan fingerprint density at radius 3 is 2.52 bits per heavy atom. The zero-order chi connectivity index (χ0) is 23.7. The molecule has 0 saturated heterocycles. The molecule has 0 radical (unpaired) electrons. The smallest absolute Gasteiger partial charge is 0.271 e. The third kappa shape index (κ3) is 7.20. The number of amides is 1. The van der Waals surface area contributed by atoms with Gasteiger partial charge in [0.2, 0.25) is 5.91 Å². The number of sulfonamides is 1. The summed E-state index contributed by atoms with van der Waals surface area (Å²) < 4.78 is 27.5. The van der Waals surface area contributed by atoms with Gasteiger partial charge < -0.3 is 5.32 Å². The Balaban J connectivity index is 1.66. The van der Waals surface area contributed by atoms with Gasteiger partial charge in [-0.25, -0.2) is 8.42 Å². The summed E-state index contributed by atoms with van der Waals surface area (Å²) in [6.07, 6.45) is 7.21. The van der Waals surface area contributed by atoms with Crippen molar-refractivity contribution in [3.05, 3.63) is 64.7 Å². The van der Waals surface area contributed by atoms with Crippen molar-refractivity contribution in [3.8, 4) is 0 Å². The van der Waals surface area contributed by atoms with Crippen molar-refractivity contribution in [3.63, 3.8) is 0 Å². The van der Waals surface area contributed by atoms with Crippen LogP contribution < -0.4 is 9.62 Å². The molecule has 1 amide bonds. The zero-order valence-electron chi connectivity index (χ0n) is 18.4. The van der Waals surface area contributed by atoms with Crippen molar-refractivity contribution >= 4 is 39.1 Å². The number of nitro benzene ring substituents is 1. The number of thioether (sulfide) groups is 1. The van der Waals surface area contributed by atoms with Gasteiger partial charge >= 0.3 is 0 Å². The van der Waals surface area contributed by atoms with Gasteiger partial charge in [-0.2, -0.15) is 11.8 Å². The van der Waals surface area contributed by atoms with Crippen molar-refractivity contribution in [1.82, 2.24) is 5.32 Å². The number of carbonyl (C=O) groups excluding carboxylic acids is 1. The molecule has 0 aliphatic heterocycles. The number of nitro groups is 1. The summed E-state index contributed by atoms with van der Waals surface area (Å²) in [5.74, 6) is 0.491. The van der Waals surface area contributed by atoms with Crippen LogP contribution in [-0.2, 0) is 14.8 Å². The van der Waals surface area contributed by atoms with Gasteiger partial charge in [0.05, 0.1) is 15.5 Å². The number of nitrogens with zero attached hydrogens (tertiary/aromatic N) is 2. The van der Waals surface area contributed by atoms with Gasteiger partial charge in [0.15, 0.2) is 0 Å². The zero-order valence-corrected chi connectivity index (χ0v) is 20.0. The summed E-state index contributed by atoms with van der Waals surface area (Å²) in [4.78, 5) is 23.2. The molecule has 1 saturated carbocycles. The maximum absolute atomic E-state index is 13.3. The Kier molecular flexibility index (Phi) is 9.13. The summed E-state index contributed by atoms with van der Waals surface area (Å²) in [5.41, 5.74) is -0.183. The van der Waals surface area contributed by atoms with Gasteiger partial charge in [0.25, 0.3) is 15.7 Å². The maximum Gasteiger partial charge on any atom is 0.271 e. The second-order valence-electron chi connectivity index (χ2n) is 7.94. The molecule has 0 heterocycles. The second-order valence-corrected chi connectivity index (χ2v) is 11.2. The van der Waals surface area contributed by atoms with E-state index in [-0.39, 0.29) is 16.3 Å². The molecular formula is C23H29N3O5S2. The van der Waals surface area contributed by atoms with E-state index in [9.17, 15) is 23.3 Å². The first-order valence-corrected chi connectivity index (χ1v) is 13.6. The average Bonchev–Trinajstić information content (AvgIpc) is 2.83. The number of nitrogens with one attached hydrogen (secondary N) is 1. The van der Waals surface area contributed by atoms with Gasteiger partial charge in [0, 0.05) is 23.9 Å². The lowest BCUT2D eigenvalue weighted by Crippen LogP contribution is -2.41. The lowest BCUT2D eigenvalue weighted by atomic mass is 10.0. The van der Waals surface area contributed by atoms with Crippen molar-refractivity contribution in [2.75, 3.05) is 23.1 Å². The molecule has 0 aromatic heterocycles. The molecule has 2 aromatic rings. The van der Waals surface area contributed by atoms with Crippen molar-refractivity contribution in [2.24, 2.45) is 0 Å². The third-order valence-corrected chi connectivity index (χ3v) is 8.75. The first-order chi connectivity index (χ1) is 15.9. The molecule has 0 unspecified atom stereocenters. The van der Waals surface area contributed by atoms with Crippen molar-refractivity contribution in [2.45, 2.75) is 48.7 Å². The Labute approximate surface area is 199 Å². The molecule has 3 rings (SSSR count). The normalized spacial score (nSPS) is 14.5. The van der Waals surface area contributed by atoms with Gasteiger partial charge in [-0.1, -0.05) is 43.5 Å². The summed E-state index contributed by atoms with van der Waals surface area (Å²) in [7, 11) is -4.10. The van der Waals surface area contributed by atoms with E-state index in [1.165, 1.54) is 62.4 Å². The minimum atomic E-state index is -4.10. The van der Waals surface area contributed by atoms with Crippen LogP contribution in [0.4, 0.5) is 11.4 Å². The predicted molar refractivity (Wildman–Crippen MR) is 131 cm³/mol. The topological polar surface area (TPSA) is 110 Å². The van der Waals surface area contributed by atoms with Crippen molar-refractivity contribution in [1.29, 1.82) is 0 Å². The number of anilines is 1. The summed E-state index contributed by atoms with van der Waals surface area (Å²) >= 11 is 1.94. The minimum Gasteiger partial charge on any atom is -0.354 e. The van der Waals surface area contributed by atoms with E-state index in [1.54, 1.807) is 18.2 Å². The first-order valence-electron chi connectivity index (χ1n) is 11.1. The van der Waals surface area contributed by atoms with Crippen LogP contribution in [0.2, 0.25) is 0 Å². The number of carbonyl (C=O) groups is 1. The highest BCUT2D eigenvalue weighted by molar-refractivity contribution is 7.99. The van der Waals surface area contributed by atoms with E-state index in [0.717, 1.165) is 22.5 Å². The molecular weight excluding hydrogens is 462 g/mol. The Bertz CT molecular complexity index is 1040. The van der Waals surface area contributed by atoms with Crippen LogP contribution in [0.3, 0.4) is 0 Å². The molecule has 1 N–H and O–H groups in total. The van der Waals surface area contributed by atoms with Crippen LogP contribution >= 0.6 is 11.8 Å². The molecule has 0 atom stereocenters. The van der Waals surface area contributed by atoms with Crippen molar-refractivity contribution < 1.29 is 18.1 Å². The Hall–Kier alpha value is -2.59. The molecule has 0 bridgehead atoms. The van der Waals surface area contributed by atoms with Crippen LogP contribution in [0.1, 0.15) is 38.5 Å². The standard InChI is InChI=1S/C23H29N3O5S2/c27-23(24-15-8-16-32-21-11-3-1-4-12-21)18-25(19-9-7-10-20(17-19)26(28)29)33(30,31)22-13-5-2-6-14-22/h2,5-7,9-10,13-14,17,21H,1,3-4,8,11-12,15-16,18H2,(H,24,27). The van der Waals surface area contributed by atoms with Gasteiger partial charge in [-0.15, -0.1) is 0 Å². The number of hydrogen-bond donors (Lipinski definition) is 1. The fourth-order valence-corrected chi connectivity index (χ4v) is 6.51. The third-order valence-electron chi connectivity index (χ3n) is 5.50. The summed E-state index contributed by atoms with van der Waals surface area (Å²) in [6.45, 7) is -0.0130. The maximum atomic E-state index is 13.3. The predicted octanol–water partition coefficient (Wildman–Crippen LogP) is 4.36. The Morgan fingerprint density at radius 2 is 1.82 bits per heavy atom. The highest BCUT2D eigenvalue weighted by Gasteiger charge is 2.28. The minimum absolute atomic E-state index is 0.00758. The molecule has 8 nitrogen and oxygen atoms in total. The highest BCUT2D eigenvalue weighted by Crippen LogP contribution is 2.29. The Morgan fingerprint density at radius 1 is 1.09 bits per heavy atom. The first kappa shape index (κ1) is 25.0. The van der Waals surface area contributed by atoms with Gasteiger partial charge in [0.1, 0.15) is 6.54 Å². The van der Waals surface area contributed by atoms with E-state index in [2.05, 4.69) is 5.32 Å². The molecule has 178 valence electrons. The lowest BCUT2D eigenvalue weighted by Gasteiger charge is -2.24. The largest absolute Gasteiger partial charge is 0.354 e. The van der Waals surface area contributed by atoms with Crippen LogP contribution in [0.5, 0.6) is 0 Å². The van der Waals surface area contributed by atoms with E-state index in [0.29, 0.717) is 11.8 Å². The van der Waals surface area contributed by atoms with Gasteiger partial charge in [-0.3, -0.25) is 19.2 Å². The number of hydrogen-bond acceptors (Lipinski definition) is 6. The SMILES string of the molecule is O=C(CN(c1cccc([N+](=O)[O-])c1)S(=O)(=O)c1ccccc1)NCCCSC1CCCCC1. The molecule has 33 heavy (non-hydrogen) atoms. The van der Waals surface area contributed by atoms with E-state index in [4.69, 9.17) is 0 Å². The molecule has 1 fully saturated rings. The fraction of sp³-hybridized carbons (Fsp3) is 0.435. The average molecular weight is 492 g/mol. The highest BCUT2D eigenvalue weighted by atomic mass is 32.2. The fourth-order valence-electron chi connectivity index (χ4n) is 3.76. The molecule has 10 heteroatoms. The summed E-state index contributed by atoms with van der Waals surface area (Å²) in [5, 5.41) is 14.7. The monoisotopic (exact) mass is 491 g/mol. The number of benzene rings is 2. The van der Waals surface area contributed by atoms with E-state index in [1.807, 2.05) is 11.8 Å². The molecule has 2 aromatic carbocycles. The molecule has 1 aliphatic carbocycles.